The Morgan fingerprint density at radius 2 is 2.26 bits per heavy atom. The molecule has 4 N–H and O–H groups in total. The minimum atomic E-state index is -0.694. The minimum absolute atomic E-state index is 0.168. The summed E-state index contributed by atoms with van der Waals surface area (Å²) in [6.45, 7) is 2.47. The molecular weight excluding hydrogens is 312 g/mol. The fourth-order valence-corrected chi connectivity index (χ4v) is 3.02. The molecule has 0 radical (unpaired) electrons. The Morgan fingerprint density at radius 3 is 3.00 bits per heavy atom. The third-order valence-corrected chi connectivity index (χ3v) is 4.27. The van der Waals surface area contributed by atoms with Crippen molar-refractivity contribution in [2.24, 2.45) is 0 Å². The number of carbonyl (C=O) groups excluding carboxylic acids is 1. The van der Waals surface area contributed by atoms with Crippen LogP contribution in [0, 0.1) is 6.92 Å². The second kappa shape index (κ2) is 6.80. The first-order valence-corrected chi connectivity index (χ1v) is 8.24. The van der Waals surface area contributed by atoms with Gasteiger partial charge in [0.2, 0.25) is 0 Å². The summed E-state index contributed by atoms with van der Waals surface area (Å²) in [6.07, 6.45) is -0.694. The highest BCUT2D eigenvalue weighted by Crippen LogP contribution is 2.16. The Kier molecular flexibility index (Phi) is 4.59. The first-order valence-electron chi connectivity index (χ1n) is 7.29. The Labute approximate surface area is 137 Å². The number of imidazole rings is 1. The molecule has 0 saturated heterocycles. The summed E-state index contributed by atoms with van der Waals surface area (Å²) in [7, 11) is 0. The number of urea groups is 1. The van der Waals surface area contributed by atoms with Gasteiger partial charge >= 0.3 is 6.03 Å². The van der Waals surface area contributed by atoms with Crippen LogP contribution in [0.25, 0.3) is 11.0 Å². The second-order valence-corrected chi connectivity index (χ2v) is 6.07. The smallest absolute Gasteiger partial charge is 0.315 e. The van der Waals surface area contributed by atoms with Crippen molar-refractivity contribution in [2.45, 2.75) is 19.6 Å². The number of thiophene rings is 1. The third kappa shape index (κ3) is 3.69. The van der Waals surface area contributed by atoms with E-state index in [2.05, 4.69) is 20.6 Å². The molecule has 23 heavy (non-hydrogen) atoms. The first-order chi connectivity index (χ1) is 11.1. The lowest BCUT2D eigenvalue weighted by atomic mass is 10.2. The van der Waals surface area contributed by atoms with Crippen molar-refractivity contribution in [3.63, 3.8) is 0 Å². The zero-order valence-electron chi connectivity index (χ0n) is 12.7. The normalized spacial score (nSPS) is 12.3. The van der Waals surface area contributed by atoms with E-state index in [1.54, 1.807) is 0 Å². The van der Waals surface area contributed by atoms with Gasteiger partial charge in [-0.2, -0.15) is 11.3 Å². The van der Waals surface area contributed by atoms with E-state index in [4.69, 9.17) is 0 Å². The topological polar surface area (TPSA) is 90.0 Å². The highest BCUT2D eigenvalue weighted by molar-refractivity contribution is 7.07. The molecule has 0 bridgehead atoms. The van der Waals surface area contributed by atoms with Gasteiger partial charge in [-0.25, -0.2) is 9.78 Å². The summed E-state index contributed by atoms with van der Waals surface area (Å²) in [6, 6.07) is 7.42. The number of aromatic nitrogens is 2. The lowest BCUT2D eigenvalue weighted by Crippen LogP contribution is -2.37. The Morgan fingerprint density at radius 1 is 1.39 bits per heavy atom. The maximum absolute atomic E-state index is 11.8. The number of fused-ring (bicyclic) bond motifs is 1. The fraction of sp³-hybridized carbons (Fsp3) is 0.250. The van der Waals surface area contributed by atoms with Crippen LogP contribution >= 0.6 is 11.3 Å². The molecule has 120 valence electrons. The Balaban J connectivity index is 1.51. The van der Waals surface area contributed by atoms with Crippen LogP contribution in [0.5, 0.6) is 0 Å². The number of aliphatic hydroxyl groups is 1. The fourth-order valence-electron chi connectivity index (χ4n) is 2.31. The number of amides is 2. The molecule has 0 aliphatic carbocycles. The van der Waals surface area contributed by atoms with Crippen LogP contribution in [0.1, 0.15) is 23.1 Å². The Hall–Kier alpha value is -2.38. The number of aliphatic hydroxyl groups excluding tert-OH is 1. The number of nitrogens with zero attached hydrogens (tertiary/aromatic N) is 1. The van der Waals surface area contributed by atoms with E-state index >= 15 is 0 Å². The molecule has 0 fully saturated rings. The monoisotopic (exact) mass is 330 g/mol. The number of benzene rings is 1. The number of para-hydroxylation sites is 1. The molecule has 0 saturated carbocycles. The van der Waals surface area contributed by atoms with E-state index in [9.17, 15) is 9.90 Å². The van der Waals surface area contributed by atoms with E-state index in [-0.39, 0.29) is 12.6 Å². The van der Waals surface area contributed by atoms with Crippen LogP contribution in [-0.2, 0) is 6.54 Å². The van der Waals surface area contributed by atoms with Gasteiger partial charge in [0.05, 0.1) is 23.7 Å². The largest absolute Gasteiger partial charge is 0.387 e. The molecule has 0 spiro atoms. The van der Waals surface area contributed by atoms with Gasteiger partial charge in [-0.1, -0.05) is 12.1 Å². The number of aromatic amines is 1. The Bertz CT molecular complexity index is 798. The summed E-state index contributed by atoms with van der Waals surface area (Å²) >= 11 is 1.51. The quantitative estimate of drug-likeness (QED) is 0.579. The van der Waals surface area contributed by atoms with Crippen molar-refractivity contribution in [3.8, 4) is 0 Å². The summed E-state index contributed by atoms with van der Waals surface area (Å²) in [5.41, 5.74) is 3.77. The van der Waals surface area contributed by atoms with E-state index in [0.29, 0.717) is 12.4 Å². The predicted octanol–water partition coefficient (Wildman–Crippen LogP) is 2.47. The predicted molar refractivity (Wildman–Crippen MR) is 90.3 cm³/mol. The zero-order chi connectivity index (χ0) is 16.2. The standard InChI is InChI=1S/C16H18N4O2S/c1-10-3-2-4-12-15(10)20-14(19-12)8-18-16(22)17-7-13(21)11-5-6-23-9-11/h2-6,9,13,21H,7-8H2,1H3,(H,19,20)(H2,17,18,22). The van der Waals surface area contributed by atoms with Crippen LogP contribution in [0.15, 0.2) is 35.0 Å². The summed E-state index contributed by atoms with van der Waals surface area (Å²) < 4.78 is 0. The van der Waals surface area contributed by atoms with Gasteiger partial charge in [0.1, 0.15) is 5.82 Å². The molecule has 1 aromatic carbocycles. The molecule has 1 atom stereocenters. The second-order valence-electron chi connectivity index (χ2n) is 5.29. The molecule has 0 aliphatic heterocycles. The SMILES string of the molecule is Cc1cccc2[nH]c(CNC(=O)NCC(O)c3ccsc3)nc12. The highest BCUT2D eigenvalue weighted by atomic mass is 32.1. The summed E-state index contributed by atoms with van der Waals surface area (Å²) in [5, 5.41) is 19.0. The molecule has 1 unspecified atom stereocenters. The molecule has 6 nitrogen and oxygen atoms in total. The number of carbonyl (C=O) groups is 1. The number of nitrogens with one attached hydrogen (secondary N) is 3. The number of H-pyrrole nitrogens is 1. The van der Waals surface area contributed by atoms with Gasteiger partial charge in [-0.3, -0.25) is 0 Å². The molecule has 3 aromatic rings. The van der Waals surface area contributed by atoms with Crippen LogP contribution in [0.4, 0.5) is 4.79 Å². The number of hydrogen-bond acceptors (Lipinski definition) is 4. The maximum Gasteiger partial charge on any atom is 0.315 e. The van der Waals surface area contributed by atoms with Gasteiger partial charge in [0.15, 0.2) is 0 Å². The van der Waals surface area contributed by atoms with Gasteiger partial charge < -0.3 is 20.7 Å². The van der Waals surface area contributed by atoms with Crippen LogP contribution in [0.2, 0.25) is 0 Å². The van der Waals surface area contributed by atoms with Crippen LogP contribution < -0.4 is 10.6 Å². The molecule has 7 heteroatoms. The molecule has 2 heterocycles. The van der Waals surface area contributed by atoms with Crippen LogP contribution in [-0.4, -0.2) is 27.7 Å². The molecule has 3 rings (SSSR count). The molecular formula is C16H18N4O2S. The van der Waals surface area contributed by atoms with Gasteiger partial charge in [0, 0.05) is 6.54 Å². The lowest BCUT2D eigenvalue weighted by molar-refractivity contribution is 0.173. The van der Waals surface area contributed by atoms with Gasteiger partial charge in [-0.15, -0.1) is 0 Å². The van der Waals surface area contributed by atoms with Crippen molar-refractivity contribution in [3.05, 3.63) is 52.0 Å². The van der Waals surface area contributed by atoms with Gasteiger partial charge in [-0.05, 0) is 40.9 Å². The number of hydrogen-bond donors (Lipinski definition) is 4. The van der Waals surface area contributed by atoms with Crippen molar-refractivity contribution >= 4 is 28.4 Å². The number of rotatable bonds is 5. The molecule has 2 amide bonds. The van der Waals surface area contributed by atoms with E-state index in [0.717, 1.165) is 22.2 Å². The third-order valence-electron chi connectivity index (χ3n) is 3.56. The van der Waals surface area contributed by atoms with Crippen molar-refractivity contribution in [1.29, 1.82) is 0 Å². The van der Waals surface area contributed by atoms with E-state index in [1.165, 1.54) is 11.3 Å². The van der Waals surface area contributed by atoms with E-state index < -0.39 is 6.10 Å². The van der Waals surface area contributed by atoms with Crippen molar-refractivity contribution in [2.75, 3.05) is 6.54 Å². The average Bonchev–Trinajstić information content (AvgIpc) is 3.20. The van der Waals surface area contributed by atoms with E-state index in [1.807, 2.05) is 41.9 Å². The average molecular weight is 330 g/mol. The highest BCUT2D eigenvalue weighted by Gasteiger charge is 2.10. The minimum Gasteiger partial charge on any atom is -0.387 e. The molecule has 2 aromatic heterocycles. The molecule has 0 aliphatic rings. The first kappa shape index (κ1) is 15.5. The van der Waals surface area contributed by atoms with Gasteiger partial charge in [0.25, 0.3) is 0 Å². The summed E-state index contributed by atoms with van der Waals surface area (Å²) in [5.74, 6) is 0.697. The van der Waals surface area contributed by atoms with Crippen molar-refractivity contribution in [1.82, 2.24) is 20.6 Å². The lowest BCUT2D eigenvalue weighted by Gasteiger charge is -2.11. The summed E-state index contributed by atoms with van der Waals surface area (Å²) in [4.78, 5) is 19.5. The van der Waals surface area contributed by atoms with Crippen LogP contribution in [0.3, 0.4) is 0 Å². The van der Waals surface area contributed by atoms with Crippen molar-refractivity contribution < 1.29 is 9.90 Å². The zero-order valence-corrected chi connectivity index (χ0v) is 13.5. The number of aryl methyl sites for hydroxylation is 1. The maximum atomic E-state index is 11.8.